The summed E-state index contributed by atoms with van der Waals surface area (Å²) in [5.74, 6) is 1.36. The Morgan fingerprint density at radius 1 is 1.11 bits per heavy atom. The van der Waals surface area contributed by atoms with E-state index in [1.54, 1.807) is 11.6 Å². The number of fused-ring (bicyclic) bond motifs is 5. The lowest BCUT2D eigenvalue weighted by molar-refractivity contribution is -0.136. The van der Waals surface area contributed by atoms with Crippen molar-refractivity contribution in [3.63, 3.8) is 0 Å². The maximum Gasteiger partial charge on any atom is 0.335 e. The van der Waals surface area contributed by atoms with Crippen LogP contribution in [0.5, 0.6) is 0 Å². The molecule has 5 atom stereocenters. The second-order valence-electron chi connectivity index (χ2n) is 11.2. The fraction of sp³-hybridized carbons (Fsp3) is 0.394. The van der Waals surface area contributed by atoms with E-state index in [2.05, 4.69) is 61.7 Å². The summed E-state index contributed by atoms with van der Waals surface area (Å²) in [6.45, 7) is 9.68. The number of carbonyl (C=O) groups is 2. The zero-order valence-corrected chi connectivity index (χ0v) is 22.4. The van der Waals surface area contributed by atoms with Crippen molar-refractivity contribution in [3.05, 3.63) is 101 Å². The zero-order valence-electron chi connectivity index (χ0n) is 22.4. The predicted octanol–water partition coefficient (Wildman–Crippen LogP) is 6.41. The summed E-state index contributed by atoms with van der Waals surface area (Å²) in [5, 5.41) is 0. The molecule has 4 aliphatic carbocycles. The Bertz CT molecular complexity index is 1370. The Morgan fingerprint density at radius 2 is 1.92 bits per heavy atom. The lowest BCUT2D eigenvalue weighted by Crippen LogP contribution is -2.45. The average Bonchev–Trinajstić information content (AvgIpc) is 3.22. The van der Waals surface area contributed by atoms with Crippen molar-refractivity contribution >= 4 is 17.5 Å². The molecule has 5 unspecified atom stereocenters. The van der Waals surface area contributed by atoms with Gasteiger partial charge in [0.05, 0.1) is 6.04 Å². The Balaban J connectivity index is 1.49. The van der Waals surface area contributed by atoms with Gasteiger partial charge in [0.2, 0.25) is 0 Å². The molecule has 0 fully saturated rings. The van der Waals surface area contributed by atoms with Gasteiger partial charge in [-0.15, -0.1) is 0 Å². The first kappa shape index (κ1) is 24.7. The average molecular weight is 510 g/mol. The summed E-state index contributed by atoms with van der Waals surface area (Å²) in [5.41, 5.74) is 8.73. The van der Waals surface area contributed by atoms with E-state index in [9.17, 15) is 9.59 Å². The van der Waals surface area contributed by atoms with Crippen molar-refractivity contribution in [2.24, 2.45) is 17.8 Å². The van der Waals surface area contributed by atoms with Gasteiger partial charge in [-0.3, -0.25) is 4.79 Å². The van der Waals surface area contributed by atoms with Crippen molar-refractivity contribution in [2.75, 3.05) is 0 Å². The van der Waals surface area contributed by atoms with Crippen LogP contribution in [-0.4, -0.2) is 28.9 Å². The Hall–Kier alpha value is -3.60. The van der Waals surface area contributed by atoms with E-state index >= 15 is 0 Å². The van der Waals surface area contributed by atoms with Crippen LogP contribution >= 0.6 is 0 Å². The predicted molar refractivity (Wildman–Crippen MR) is 147 cm³/mol. The van der Waals surface area contributed by atoms with Gasteiger partial charge in [-0.25, -0.2) is 4.79 Å². The molecule has 5 aliphatic rings. The SMILES string of the molecule is C=CC(=O)OC1=CC(OC(C)=O)=CC(N2C3=C(c4ccccc4CC3)C3C4=C(C(C)CC=C4)C(C)CC32)C1. The highest BCUT2D eigenvalue weighted by Crippen LogP contribution is 2.57. The van der Waals surface area contributed by atoms with Crippen molar-refractivity contribution < 1.29 is 19.1 Å². The molecular weight excluding hydrogens is 474 g/mol. The topological polar surface area (TPSA) is 55.8 Å². The molecule has 196 valence electrons. The van der Waals surface area contributed by atoms with Crippen molar-refractivity contribution in [1.82, 2.24) is 4.90 Å². The van der Waals surface area contributed by atoms with Crippen molar-refractivity contribution in [3.8, 4) is 0 Å². The minimum atomic E-state index is -0.507. The first-order valence-corrected chi connectivity index (χ1v) is 13.8. The van der Waals surface area contributed by atoms with Gasteiger partial charge >= 0.3 is 11.9 Å². The first-order chi connectivity index (χ1) is 18.4. The van der Waals surface area contributed by atoms with Crippen LogP contribution in [0, 0.1) is 17.8 Å². The van der Waals surface area contributed by atoms with Crippen LogP contribution < -0.4 is 0 Å². The number of nitrogens with zero attached hydrogens (tertiary/aromatic N) is 1. The minimum Gasteiger partial charge on any atom is -0.428 e. The largest absolute Gasteiger partial charge is 0.428 e. The fourth-order valence-corrected chi connectivity index (χ4v) is 7.59. The molecule has 0 spiro atoms. The van der Waals surface area contributed by atoms with E-state index in [1.165, 1.54) is 34.9 Å². The lowest BCUT2D eigenvalue weighted by Gasteiger charge is -2.45. The Labute approximate surface area is 224 Å². The third kappa shape index (κ3) is 4.09. The Morgan fingerprint density at radius 3 is 2.71 bits per heavy atom. The molecule has 0 saturated carbocycles. The number of aryl methyl sites for hydroxylation is 1. The maximum atomic E-state index is 12.1. The molecule has 0 radical (unpaired) electrons. The monoisotopic (exact) mass is 509 g/mol. The second-order valence-corrected chi connectivity index (χ2v) is 11.2. The molecule has 6 rings (SSSR count). The summed E-state index contributed by atoms with van der Waals surface area (Å²) in [7, 11) is 0. The van der Waals surface area contributed by atoms with E-state index in [0.29, 0.717) is 35.7 Å². The summed E-state index contributed by atoms with van der Waals surface area (Å²) in [6, 6.07) is 9.05. The molecule has 0 saturated heterocycles. The number of hydrogen-bond acceptors (Lipinski definition) is 5. The van der Waals surface area contributed by atoms with Crippen LogP contribution in [0.4, 0.5) is 0 Å². The molecule has 1 aliphatic heterocycles. The van der Waals surface area contributed by atoms with Gasteiger partial charge < -0.3 is 14.4 Å². The molecule has 5 heteroatoms. The van der Waals surface area contributed by atoms with Crippen LogP contribution in [-0.2, 0) is 25.5 Å². The molecule has 1 aromatic rings. The number of allylic oxidation sites excluding steroid dienone is 5. The third-order valence-corrected chi connectivity index (χ3v) is 8.81. The van der Waals surface area contributed by atoms with Crippen LogP contribution in [0.1, 0.15) is 57.6 Å². The van der Waals surface area contributed by atoms with Gasteiger partial charge in [0.15, 0.2) is 0 Å². The van der Waals surface area contributed by atoms with Crippen LogP contribution in [0.15, 0.2) is 89.6 Å². The lowest BCUT2D eigenvalue weighted by atomic mass is 9.65. The highest BCUT2D eigenvalue weighted by Gasteiger charge is 2.50. The van der Waals surface area contributed by atoms with Gasteiger partial charge in [-0.1, -0.05) is 62.4 Å². The zero-order chi connectivity index (χ0) is 26.6. The first-order valence-electron chi connectivity index (χ1n) is 13.8. The Kier molecular flexibility index (Phi) is 6.25. The van der Waals surface area contributed by atoms with Gasteiger partial charge in [0.25, 0.3) is 0 Å². The minimum absolute atomic E-state index is 0.0911. The van der Waals surface area contributed by atoms with Crippen LogP contribution in [0.25, 0.3) is 5.57 Å². The smallest absolute Gasteiger partial charge is 0.335 e. The highest BCUT2D eigenvalue weighted by molar-refractivity contribution is 5.82. The van der Waals surface area contributed by atoms with Gasteiger partial charge in [-0.05, 0) is 65.9 Å². The second kappa shape index (κ2) is 9.61. The summed E-state index contributed by atoms with van der Waals surface area (Å²) < 4.78 is 11.1. The normalized spacial score (nSPS) is 29.4. The summed E-state index contributed by atoms with van der Waals surface area (Å²) >= 11 is 0. The van der Waals surface area contributed by atoms with Gasteiger partial charge in [0.1, 0.15) is 11.5 Å². The molecule has 0 N–H and O–H groups in total. The van der Waals surface area contributed by atoms with Crippen LogP contribution in [0.3, 0.4) is 0 Å². The molecule has 0 amide bonds. The summed E-state index contributed by atoms with van der Waals surface area (Å²) in [6.07, 6.45) is 14.3. The van der Waals surface area contributed by atoms with E-state index in [1.807, 2.05) is 6.08 Å². The van der Waals surface area contributed by atoms with E-state index in [-0.39, 0.29) is 12.1 Å². The van der Waals surface area contributed by atoms with Gasteiger partial charge in [0, 0.05) is 43.2 Å². The van der Waals surface area contributed by atoms with Crippen molar-refractivity contribution in [2.45, 2.75) is 65.0 Å². The molecule has 0 aromatic heterocycles. The van der Waals surface area contributed by atoms with E-state index in [0.717, 1.165) is 31.8 Å². The molecule has 5 nitrogen and oxygen atoms in total. The molecule has 38 heavy (non-hydrogen) atoms. The number of esters is 2. The van der Waals surface area contributed by atoms with Gasteiger partial charge in [-0.2, -0.15) is 0 Å². The number of ether oxygens (including phenoxy) is 2. The standard InChI is InChI=1S/C33H35NO4/c1-5-30(36)38-25-17-23(16-24(18-25)37-21(4)35)34-28-14-13-22-10-6-7-11-26(22)32(28)33-27-12-8-9-19(2)31(27)20(3)15-29(33)34/h5-8,10-12,16,18-20,23,29,33H,1,9,13-15,17H2,2-4H3. The van der Waals surface area contributed by atoms with E-state index < -0.39 is 11.9 Å². The van der Waals surface area contributed by atoms with Crippen molar-refractivity contribution in [1.29, 1.82) is 0 Å². The third-order valence-electron chi connectivity index (χ3n) is 8.81. The van der Waals surface area contributed by atoms with E-state index in [4.69, 9.17) is 9.47 Å². The number of rotatable bonds is 4. The van der Waals surface area contributed by atoms with Crippen LogP contribution in [0.2, 0.25) is 0 Å². The quantitative estimate of drug-likeness (QED) is 0.347. The summed E-state index contributed by atoms with van der Waals surface area (Å²) in [4.78, 5) is 26.6. The number of carbonyl (C=O) groups excluding carboxylic acids is 2. The maximum absolute atomic E-state index is 12.1. The molecule has 1 heterocycles. The fourth-order valence-electron chi connectivity index (χ4n) is 7.59. The molecule has 0 bridgehead atoms. The number of hydrogen-bond donors (Lipinski definition) is 0. The molecular formula is C33H35NO4. The highest BCUT2D eigenvalue weighted by atomic mass is 16.5. The number of benzene rings is 1. The molecule has 1 aromatic carbocycles.